The van der Waals surface area contributed by atoms with E-state index in [4.69, 9.17) is 0 Å². The van der Waals surface area contributed by atoms with Gasteiger partial charge in [-0.25, -0.2) is 0 Å². The quantitative estimate of drug-likeness (QED) is 0.0951. The van der Waals surface area contributed by atoms with Gasteiger partial charge in [0.2, 0.25) is 0 Å². The zero-order chi connectivity index (χ0) is 42.8. The predicted octanol–water partition coefficient (Wildman–Crippen LogP) is 17.4. The Morgan fingerprint density at radius 3 is 1.68 bits per heavy atom. The molecular weight excluding hydrogens is 761 g/mol. The van der Waals surface area contributed by atoms with Gasteiger partial charge in [-0.2, -0.15) is 0 Å². The summed E-state index contributed by atoms with van der Waals surface area (Å²) < 4.78 is 0. The lowest BCUT2D eigenvalue weighted by atomic mass is 9.81. The molecule has 2 nitrogen and oxygen atoms in total. The lowest BCUT2D eigenvalue weighted by molar-refractivity contribution is 0.509. The van der Waals surface area contributed by atoms with E-state index < -0.39 is 0 Å². The first kappa shape index (κ1) is 41.7. The number of hydrogen-bond acceptors (Lipinski definition) is 2. The molecule has 63 heavy (non-hydrogen) atoms. The van der Waals surface area contributed by atoms with Gasteiger partial charge in [-0.1, -0.05) is 178 Å². The second-order valence-corrected chi connectivity index (χ2v) is 17.4. The Bertz CT molecular complexity index is 2670. The third kappa shape index (κ3) is 9.87. The average molecular weight is 821 g/mol. The summed E-state index contributed by atoms with van der Waals surface area (Å²) in [5.74, 6) is 0.550. The number of hydrogen-bond donors (Lipinski definition) is 0. The summed E-state index contributed by atoms with van der Waals surface area (Å²) in [5, 5.41) is 0. The van der Waals surface area contributed by atoms with Gasteiger partial charge in [0.05, 0.1) is 0 Å². The molecule has 0 amide bonds. The van der Waals surface area contributed by atoms with E-state index in [-0.39, 0.29) is 0 Å². The predicted molar refractivity (Wildman–Crippen MR) is 271 cm³/mol. The molecule has 2 aliphatic carbocycles. The Kier molecular flexibility index (Phi) is 13.3. The maximum absolute atomic E-state index is 2.68. The normalized spacial score (nSPS) is 15.5. The van der Waals surface area contributed by atoms with Crippen LogP contribution in [0, 0.1) is 5.92 Å². The fourth-order valence-corrected chi connectivity index (χ4v) is 9.75. The van der Waals surface area contributed by atoms with Gasteiger partial charge in [-0.05, 0) is 156 Å². The smallest absolute Gasteiger partial charge is 0.0467 e. The number of allylic oxidation sites excluding steroid dienone is 6. The number of rotatable bonds is 15. The van der Waals surface area contributed by atoms with Gasteiger partial charge in [0.15, 0.2) is 0 Å². The molecule has 0 saturated heterocycles. The number of para-hydroxylation sites is 1. The van der Waals surface area contributed by atoms with E-state index in [1.54, 1.807) is 0 Å². The molecule has 0 heterocycles. The van der Waals surface area contributed by atoms with E-state index in [2.05, 4.69) is 230 Å². The maximum atomic E-state index is 2.68. The van der Waals surface area contributed by atoms with Crippen LogP contribution in [-0.2, 0) is 0 Å². The summed E-state index contributed by atoms with van der Waals surface area (Å²) in [7, 11) is 0. The van der Waals surface area contributed by atoms with E-state index >= 15 is 0 Å². The fraction of sp³-hybridized carbons (Fsp3) is 0.213. The summed E-state index contributed by atoms with van der Waals surface area (Å²) >= 11 is 0. The van der Waals surface area contributed by atoms with Crippen LogP contribution in [0.4, 0.5) is 22.7 Å². The molecule has 0 fully saturated rings. The number of benzene rings is 7. The maximum Gasteiger partial charge on any atom is 0.0467 e. The molecule has 0 saturated carbocycles. The van der Waals surface area contributed by atoms with Crippen LogP contribution in [0.2, 0.25) is 0 Å². The highest BCUT2D eigenvalue weighted by Gasteiger charge is 2.26. The standard InChI is InChI=1S/C61H60N2/c1-3-4-8-19-46(2)62(60-32-17-28-55(44-60)47-20-9-5-10-21-47)58-38-34-49(35-39-58)51-24-15-26-53(42-51)54-27-16-25-52(43-54)50-36-40-59(41-37-50)63(57-30-13-7-14-31-57)61-33-18-29-56(45-61)48-22-11-6-12-23-48/h5-7,9-14,16-18,20-25,27-33,36-38,40-46,49H,3-4,8,15,19,26,34-35,39H2,1-2H3. The molecule has 2 aliphatic rings. The van der Waals surface area contributed by atoms with Gasteiger partial charge >= 0.3 is 0 Å². The first-order valence-electron chi connectivity index (χ1n) is 23.4. The van der Waals surface area contributed by atoms with E-state index in [1.165, 1.54) is 93.6 Å². The van der Waals surface area contributed by atoms with Crippen molar-refractivity contribution in [2.75, 3.05) is 9.80 Å². The Labute approximate surface area is 376 Å². The molecule has 2 heteroatoms. The van der Waals surface area contributed by atoms with E-state index in [9.17, 15) is 0 Å². The van der Waals surface area contributed by atoms with Crippen LogP contribution in [0.5, 0.6) is 0 Å². The van der Waals surface area contributed by atoms with Gasteiger partial charge in [-0.3, -0.25) is 0 Å². The minimum Gasteiger partial charge on any atom is -0.343 e. The van der Waals surface area contributed by atoms with Crippen LogP contribution in [-0.4, -0.2) is 6.04 Å². The molecule has 2 unspecified atom stereocenters. The molecule has 0 spiro atoms. The second-order valence-electron chi connectivity index (χ2n) is 17.4. The molecule has 0 aromatic heterocycles. The third-order valence-corrected chi connectivity index (χ3v) is 13.1. The van der Waals surface area contributed by atoms with Crippen molar-refractivity contribution in [3.05, 3.63) is 223 Å². The van der Waals surface area contributed by atoms with Crippen LogP contribution in [0.15, 0.2) is 218 Å². The molecule has 0 aliphatic heterocycles. The van der Waals surface area contributed by atoms with Gasteiger partial charge in [0.1, 0.15) is 0 Å². The van der Waals surface area contributed by atoms with Crippen molar-refractivity contribution in [2.24, 2.45) is 5.92 Å². The number of anilines is 4. The Morgan fingerprint density at radius 1 is 0.492 bits per heavy atom. The highest BCUT2D eigenvalue weighted by molar-refractivity contribution is 5.82. The molecule has 7 aromatic carbocycles. The molecule has 0 bridgehead atoms. The van der Waals surface area contributed by atoms with Gasteiger partial charge in [0.25, 0.3) is 0 Å². The minimum absolute atomic E-state index is 0.453. The molecule has 314 valence electrons. The van der Waals surface area contributed by atoms with Crippen molar-refractivity contribution in [1.82, 2.24) is 0 Å². The monoisotopic (exact) mass is 820 g/mol. The molecule has 7 aromatic rings. The van der Waals surface area contributed by atoms with E-state index in [0.717, 1.165) is 42.7 Å². The second kappa shape index (κ2) is 20.0. The van der Waals surface area contributed by atoms with Gasteiger partial charge in [-0.15, -0.1) is 0 Å². The van der Waals surface area contributed by atoms with Crippen molar-refractivity contribution in [2.45, 2.75) is 77.7 Å². The van der Waals surface area contributed by atoms with Crippen LogP contribution >= 0.6 is 0 Å². The lowest BCUT2D eigenvalue weighted by Gasteiger charge is -2.37. The highest BCUT2D eigenvalue weighted by Crippen LogP contribution is 2.41. The van der Waals surface area contributed by atoms with Crippen LogP contribution in [0.25, 0.3) is 39.0 Å². The summed E-state index contributed by atoms with van der Waals surface area (Å²) in [6.45, 7) is 4.74. The molecule has 0 radical (unpaired) electrons. The Balaban J connectivity index is 0.928. The van der Waals surface area contributed by atoms with Crippen molar-refractivity contribution < 1.29 is 0 Å². The Hall–Kier alpha value is -6.64. The number of nitrogens with zero attached hydrogens (tertiary/aromatic N) is 2. The Morgan fingerprint density at radius 2 is 1.03 bits per heavy atom. The van der Waals surface area contributed by atoms with Crippen LogP contribution < -0.4 is 9.80 Å². The topological polar surface area (TPSA) is 6.48 Å². The first-order valence-corrected chi connectivity index (χ1v) is 23.4. The van der Waals surface area contributed by atoms with E-state index in [0.29, 0.717) is 12.0 Å². The summed E-state index contributed by atoms with van der Waals surface area (Å²) in [5.41, 5.74) is 18.0. The lowest BCUT2D eigenvalue weighted by Crippen LogP contribution is -2.34. The highest BCUT2D eigenvalue weighted by atomic mass is 15.2. The zero-order valence-corrected chi connectivity index (χ0v) is 37.0. The number of unbranched alkanes of at least 4 members (excludes halogenated alkanes) is 2. The summed E-state index contributed by atoms with van der Waals surface area (Å²) in [6, 6.07) is 69.0. The van der Waals surface area contributed by atoms with Gasteiger partial charge < -0.3 is 9.80 Å². The van der Waals surface area contributed by atoms with Gasteiger partial charge in [0, 0.05) is 34.5 Å². The molecule has 2 atom stereocenters. The van der Waals surface area contributed by atoms with Crippen LogP contribution in [0.1, 0.15) is 77.2 Å². The minimum atomic E-state index is 0.453. The molecule has 9 rings (SSSR count). The van der Waals surface area contributed by atoms with Crippen molar-refractivity contribution in [3.63, 3.8) is 0 Å². The van der Waals surface area contributed by atoms with Crippen molar-refractivity contribution in [3.8, 4) is 33.4 Å². The van der Waals surface area contributed by atoms with Crippen molar-refractivity contribution >= 4 is 28.3 Å². The SMILES string of the molecule is CCCCCC(C)N(C1=CCC(C2=CCCC(c3cccc(-c4ccc(N(c5ccccc5)c5cccc(-c6ccccc6)c5)cc4)c3)=C2)CC1)c1cccc(-c2ccccc2)c1. The average Bonchev–Trinajstić information content (AvgIpc) is 3.36. The summed E-state index contributed by atoms with van der Waals surface area (Å²) in [4.78, 5) is 5.03. The largest absolute Gasteiger partial charge is 0.343 e. The third-order valence-electron chi connectivity index (χ3n) is 13.1. The van der Waals surface area contributed by atoms with E-state index in [1.807, 2.05) is 0 Å². The molecular formula is C61H60N2. The molecule has 0 N–H and O–H groups in total. The first-order chi connectivity index (χ1) is 31.1. The fourth-order valence-electron chi connectivity index (χ4n) is 9.75. The van der Waals surface area contributed by atoms with Crippen molar-refractivity contribution in [1.29, 1.82) is 0 Å². The zero-order valence-electron chi connectivity index (χ0n) is 37.0. The summed E-state index contributed by atoms with van der Waals surface area (Å²) in [6.07, 6.45) is 18.2. The van der Waals surface area contributed by atoms with Crippen LogP contribution in [0.3, 0.4) is 0 Å².